The van der Waals surface area contributed by atoms with Crippen LogP contribution in [0.1, 0.15) is 31.7 Å². The van der Waals surface area contributed by atoms with E-state index in [4.69, 9.17) is 5.73 Å². The summed E-state index contributed by atoms with van der Waals surface area (Å²) in [6, 6.07) is 2.71. The molecule has 1 aliphatic rings. The van der Waals surface area contributed by atoms with Crippen LogP contribution in [0.5, 0.6) is 0 Å². The van der Waals surface area contributed by atoms with E-state index in [1.54, 1.807) is 0 Å². The lowest BCUT2D eigenvalue weighted by Crippen LogP contribution is -2.47. The Balaban J connectivity index is 1.81. The third-order valence-electron chi connectivity index (χ3n) is 3.95. The molecule has 2 rings (SSSR count). The lowest BCUT2D eigenvalue weighted by Gasteiger charge is -2.15. The average Bonchev–Trinajstić information content (AvgIpc) is 3.22. The summed E-state index contributed by atoms with van der Waals surface area (Å²) < 4.78 is 27.3. The Morgan fingerprint density at radius 2 is 1.91 bits per heavy atom. The molecule has 3 atom stereocenters. The normalized spacial score (nSPS) is 21.0. The highest BCUT2D eigenvalue weighted by Crippen LogP contribution is 2.42. The van der Waals surface area contributed by atoms with E-state index in [9.17, 15) is 18.4 Å². The quantitative estimate of drug-likeness (QED) is 0.730. The highest BCUT2D eigenvalue weighted by Gasteiger charge is 2.42. The number of hydrogen-bond donors (Lipinski definition) is 3. The van der Waals surface area contributed by atoms with Gasteiger partial charge in [0.05, 0.1) is 12.6 Å². The summed E-state index contributed by atoms with van der Waals surface area (Å²) in [4.78, 5) is 23.4. The first kappa shape index (κ1) is 17.3. The van der Waals surface area contributed by atoms with Crippen molar-refractivity contribution in [3.8, 4) is 0 Å². The molecule has 2 unspecified atom stereocenters. The van der Waals surface area contributed by atoms with Gasteiger partial charge in [0, 0.05) is 17.5 Å². The molecule has 1 aromatic carbocycles. The molecule has 0 bridgehead atoms. The van der Waals surface area contributed by atoms with Crippen molar-refractivity contribution in [1.29, 1.82) is 0 Å². The van der Waals surface area contributed by atoms with Crippen molar-refractivity contribution in [2.24, 2.45) is 11.7 Å². The summed E-state index contributed by atoms with van der Waals surface area (Å²) in [7, 11) is 0. The SMILES string of the molecule is CC(C)[C@H](N)C(=O)NCC(=O)NC1CC1c1c(F)cccc1F. The number of nitrogens with two attached hydrogens (primary N) is 1. The zero-order valence-electron chi connectivity index (χ0n) is 13.1. The molecule has 0 radical (unpaired) electrons. The molecule has 0 aliphatic heterocycles. The van der Waals surface area contributed by atoms with Crippen LogP contribution in [0.4, 0.5) is 8.78 Å². The number of carbonyl (C=O) groups is 2. The zero-order valence-corrected chi connectivity index (χ0v) is 13.1. The molecule has 7 heteroatoms. The topological polar surface area (TPSA) is 84.2 Å². The molecule has 0 aromatic heterocycles. The first-order chi connectivity index (χ1) is 10.8. The number of nitrogens with one attached hydrogen (secondary N) is 2. The molecular weight excluding hydrogens is 304 g/mol. The van der Waals surface area contributed by atoms with Crippen LogP contribution in [0.15, 0.2) is 18.2 Å². The zero-order chi connectivity index (χ0) is 17.1. The fourth-order valence-electron chi connectivity index (χ4n) is 2.38. The van der Waals surface area contributed by atoms with Crippen molar-refractivity contribution in [3.63, 3.8) is 0 Å². The standard InChI is InChI=1S/C16H21F2N3O2/c1-8(2)15(19)16(23)20-7-13(22)21-12-6-9(12)14-10(17)4-3-5-11(14)18/h3-5,8-9,12,15H,6-7,19H2,1-2H3,(H,20,23)(H,21,22)/t9?,12?,15-/m0/s1. The Labute approximate surface area is 133 Å². The second kappa shape index (κ2) is 7.04. The number of hydrogen-bond acceptors (Lipinski definition) is 3. The molecule has 1 saturated carbocycles. The lowest BCUT2D eigenvalue weighted by atomic mass is 10.1. The van der Waals surface area contributed by atoms with Crippen LogP contribution in [0, 0.1) is 17.6 Å². The van der Waals surface area contributed by atoms with Gasteiger partial charge in [-0.3, -0.25) is 9.59 Å². The van der Waals surface area contributed by atoms with Gasteiger partial charge in [0.2, 0.25) is 11.8 Å². The Morgan fingerprint density at radius 1 is 1.30 bits per heavy atom. The van der Waals surface area contributed by atoms with Crippen LogP contribution in [0.2, 0.25) is 0 Å². The second-order valence-corrected chi connectivity index (χ2v) is 6.14. The van der Waals surface area contributed by atoms with Gasteiger partial charge in [0.25, 0.3) is 0 Å². The maximum absolute atomic E-state index is 13.6. The lowest BCUT2D eigenvalue weighted by molar-refractivity contribution is -0.127. The van der Waals surface area contributed by atoms with Crippen LogP contribution in [0.25, 0.3) is 0 Å². The fraction of sp³-hybridized carbons (Fsp3) is 0.500. The van der Waals surface area contributed by atoms with Gasteiger partial charge in [-0.1, -0.05) is 19.9 Å². The molecule has 5 nitrogen and oxygen atoms in total. The monoisotopic (exact) mass is 325 g/mol. The Bertz CT molecular complexity index is 587. The summed E-state index contributed by atoms with van der Waals surface area (Å²) in [6.45, 7) is 3.41. The maximum atomic E-state index is 13.6. The summed E-state index contributed by atoms with van der Waals surface area (Å²) in [5.74, 6) is -2.42. The van der Waals surface area contributed by atoms with Crippen molar-refractivity contribution in [1.82, 2.24) is 10.6 Å². The van der Waals surface area contributed by atoms with E-state index in [1.165, 1.54) is 18.2 Å². The minimum absolute atomic E-state index is 0.00339. The molecule has 23 heavy (non-hydrogen) atoms. The molecule has 1 aliphatic carbocycles. The van der Waals surface area contributed by atoms with Crippen molar-refractivity contribution in [2.75, 3.05) is 6.54 Å². The van der Waals surface area contributed by atoms with Gasteiger partial charge in [-0.2, -0.15) is 0 Å². The van der Waals surface area contributed by atoms with E-state index in [-0.39, 0.29) is 30.0 Å². The smallest absolute Gasteiger partial charge is 0.239 e. The predicted molar refractivity (Wildman–Crippen MR) is 81.5 cm³/mol. The number of amides is 2. The Morgan fingerprint density at radius 3 is 2.48 bits per heavy atom. The van der Waals surface area contributed by atoms with Crippen molar-refractivity contribution < 1.29 is 18.4 Å². The predicted octanol–water partition coefficient (Wildman–Crippen LogP) is 1.04. The third kappa shape index (κ3) is 4.25. The molecule has 0 saturated heterocycles. The van der Waals surface area contributed by atoms with Gasteiger partial charge in [-0.15, -0.1) is 0 Å². The molecule has 2 amide bonds. The molecule has 0 heterocycles. The van der Waals surface area contributed by atoms with Gasteiger partial charge < -0.3 is 16.4 Å². The minimum atomic E-state index is -0.677. The first-order valence-corrected chi connectivity index (χ1v) is 7.57. The van der Waals surface area contributed by atoms with Crippen LogP contribution in [-0.4, -0.2) is 30.4 Å². The molecule has 126 valence electrons. The van der Waals surface area contributed by atoms with Gasteiger partial charge in [0.15, 0.2) is 0 Å². The number of benzene rings is 1. The van der Waals surface area contributed by atoms with Crippen LogP contribution < -0.4 is 16.4 Å². The van der Waals surface area contributed by atoms with Crippen LogP contribution in [-0.2, 0) is 9.59 Å². The molecule has 1 aromatic rings. The van der Waals surface area contributed by atoms with Crippen molar-refractivity contribution in [3.05, 3.63) is 35.4 Å². The molecular formula is C16H21F2N3O2. The van der Waals surface area contributed by atoms with Crippen LogP contribution in [0.3, 0.4) is 0 Å². The summed E-state index contributed by atoms with van der Waals surface area (Å²) in [5.41, 5.74) is 5.67. The van der Waals surface area contributed by atoms with Crippen molar-refractivity contribution >= 4 is 11.8 Å². The number of rotatable bonds is 6. The fourth-order valence-corrected chi connectivity index (χ4v) is 2.38. The van der Waals surface area contributed by atoms with Gasteiger partial charge in [0.1, 0.15) is 11.6 Å². The Kier molecular flexibility index (Phi) is 5.30. The molecule has 0 spiro atoms. The number of halogens is 2. The van der Waals surface area contributed by atoms with Gasteiger partial charge in [-0.05, 0) is 24.5 Å². The third-order valence-corrected chi connectivity index (χ3v) is 3.95. The highest BCUT2D eigenvalue weighted by molar-refractivity contribution is 5.87. The second-order valence-electron chi connectivity index (χ2n) is 6.14. The highest BCUT2D eigenvalue weighted by atomic mass is 19.1. The maximum Gasteiger partial charge on any atom is 0.239 e. The van der Waals surface area contributed by atoms with E-state index in [2.05, 4.69) is 10.6 Å². The first-order valence-electron chi connectivity index (χ1n) is 7.57. The Hall–Kier alpha value is -2.02. The van der Waals surface area contributed by atoms with E-state index < -0.39 is 29.5 Å². The summed E-state index contributed by atoms with van der Waals surface area (Å²) in [6.07, 6.45) is 0.475. The van der Waals surface area contributed by atoms with Crippen LogP contribution >= 0.6 is 0 Å². The summed E-state index contributed by atoms with van der Waals surface area (Å²) in [5, 5.41) is 5.10. The minimum Gasteiger partial charge on any atom is -0.351 e. The van der Waals surface area contributed by atoms with E-state index >= 15 is 0 Å². The van der Waals surface area contributed by atoms with E-state index in [1.807, 2.05) is 13.8 Å². The number of carbonyl (C=O) groups excluding carboxylic acids is 2. The molecule has 1 fully saturated rings. The van der Waals surface area contributed by atoms with E-state index in [0.717, 1.165) is 0 Å². The molecule has 4 N–H and O–H groups in total. The largest absolute Gasteiger partial charge is 0.351 e. The summed E-state index contributed by atoms with van der Waals surface area (Å²) >= 11 is 0. The van der Waals surface area contributed by atoms with E-state index in [0.29, 0.717) is 6.42 Å². The van der Waals surface area contributed by atoms with Gasteiger partial charge >= 0.3 is 0 Å². The van der Waals surface area contributed by atoms with Gasteiger partial charge in [-0.25, -0.2) is 8.78 Å². The average molecular weight is 325 g/mol. The van der Waals surface area contributed by atoms with Crippen molar-refractivity contribution in [2.45, 2.75) is 38.3 Å².